The van der Waals surface area contributed by atoms with Gasteiger partial charge in [0.1, 0.15) is 0 Å². The minimum Gasteiger partial charge on any atom is -0.312 e. The zero-order chi connectivity index (χ0) is 14.8. The monoisotopic (exact) mass is 321 g/mol. The first-order valence-corrected chi connectivity index (χ1v) is 7.57. The number of nitrogens with one attached hydrogen (secondary N) is 1. The molecular formula is C16H24ClN5. The standard InChI is InChI=1S/C16H23N5.ClH/c1-12-10-20(9-8-17-12)11-15-13(2)19-21(14(15)3)16-6-4-5-7-18-16;/h4-7,12,17H,8-11H2,1-3H3;1H/t12-;/m1./s1. The molecule has 1 saturated heterocycles. The lowest BCUT2D eigenvalue weighted by Gasteiger charge is -2.31. The van der Waals surface area contributed by atoms with Crippen LogP contribution in [0, 0.1) is 13.8 Å². The molecule has 0 unspecified atom stereocenters. The fraction of sp³-hybridized carbons (Fsp3) is 0.500. The second kappa shape index (κ2) is 7.22. The second-order valence-corrected chi connectivity index (χ2v) is 5.84. The van der Waals surface area contributed by atoms with Crippen molar-refractivity contribution in [3.8, 4) is 5.82 Å². The Morgan fingerprint density at radius 3 is 2.82 bits per heavy atom. The van der Waals surface area contributed by atoms with Crippen molar-refractivity contribution in [3.05, 3.63) is 41.3 Å². The van der Waals surface area contributed by atoms with Crippen LogP contribution in [0.1, 0.15) is 23.9 Å². The van der Waals surface area contributed by atoms with Gasteiger partial charge in [-0.15, -0.1) is 12.4 Å². The Labute approximate surface area is 138 Å². The summed E-state index contributed by atoms with van der Waals surface area (Å²) in [7, 11) is 0. The number of piperazine rings is 1. The Hall–Kier alpha value is -1.43. The van der Waals surface area contributed by atoms with Gasteiger partial charge < -0.3 is 5.32 Å². The maximum Gasteiger partial charge on any atom is 0.153 e. The van der Waals surface area contributed by atoms with Gasteiger partial charge in [0, 0.05) is 49.7 Å². The number of hydrogen-bond donors (Lipinski definition) is 1. The van der Waals surface area contributed by atoms with Gasteiger partial charge in [-0.25, -0.2) is 9.67 Å². The van der Waals surface area contributed by atoms with E-state index in [9.17, 15) is 0 Å². The smallest absolute Gasteiger partial charge is 0.153 e. The molecule has 1 fully saturated rings. The number of aromatic nitrogens is 3. The average Bonchev–Trinajstić information content (AvgIpc) is 2.76. The molecule has 5 nitrogen and oxygen atoms in total. The van der Waals surface area contributed by atoms with Gasteiger partial charge in [0.2, 0.25) is 0 Å². The van der Waals surface area contributed by atoms with Crippen molar-refractivity contribution in [2.75, 3.05) is 19.6 Å². The predicted octanol–water partition coefficient (Wildman–Crippen LogP) is 2.10. The summed E-state index contributed by atoms with van der Waals surface area (Å²) < 4.78 is 1.95. The van der Waals surface area contributed by atoms with E-state index in [1.54, 1.807) is 0 Å². The van der Waals surface area contributed by atoms with Crippen LogP contribution in [-0.2, 0) is 6.54 Å². The predicted molar refractivity (Wildman–Crippen MR) is 90.8 cm³/mol. The maximum atomic E-state index is 4.68. The summed E-state index contributed by atoms with van der Waals surface area (Å²) in [5.74, 6) is 0.887. The van der Waals surface area contributed by atoms with Gasteiger partial charge in [0.15, 0.2) is 5.82 Å². The average molecular weight is 322 g/mol. The van der Waals surface area contributed by atoms with E-state index in [0.717, 1.165) is 37.7 Å². The minimum atomic E-state index is 0. The summed E-state index contributed by atoms with van der Waals surface area (Å²) in [5, 5.41) is 8.16. The zero-order valence-electron chi connectivity index (χ0n) is 13.4. The first-order valence-electron chi connectivity index (χ1n) is 7.57. The third-order valence-electron chi connectivity index (χ3n) is 4.14. The number of hydrogen-bond acceptors (Lipinski definition) is 4. The van der Waals surface area contributed by atoms with E-state index in [-0.39, 0.29) is 12.4 Å². The third kappa shape index (κ3) is 3.48. The molecule has 1 aliphatic rings. The lowest BCUT2D eigenvalue weighted by atomic mass is 10.1. The van der Waals surface area contributed by atoms with Crippen LogP contribution in [0.2, 0.25) is 0 Å². The van der Waals surface area contributed by atoms with Crippen LogP contribution in [0.15, 0.2) is 24.4 Å². The summed E-state index contributed by atoms with van der Waals surface area (Å²) in [5.41, 5.74) is 3.62. The molecule has 1 aliphatic heterocycles. The van der Waals surface area contributed by atoms with Crippen molar-refractivity contribution in [3.63, 3.8) is 0 Å². The van der Waals surface area contributed by atoms with E-state index < -0.39 is 0 Å². The molecule has 3 heterocycles. The van der Waals surface area contributed by atoms with Gasteiger partial charge in [-0.05, 0) is 32.9 Å². The first kappa shape index (κ1) is 16.9. The Kier molecular flexibility index (Phi) is 5.56. The molecule has 0 aliphatic carbocycles. The van der Waals surface area contributed by atoms with Crippen molar-refractivity contribution in [1.29, 1.82) is 0 Å². The number of nitrogens with zero attached hydrogens (tertiary/aromatic N) is 4. The molecule has 0 bridgehead atoms. The number of rotatable bonds is 3. The molecular weight excluding hydrogens is 298 g/mol. The lowest BCUT2D eigenvalue weighted by molar-refractivity contribution is 0.199. The van der Waals surface area contributed by atoms with Crippen LogP contribution in [0.5, 0.6) is 0 Å². The first-order chi connectivity index (χ1) is 10.1. The molecule has 0 saturated carbocycles. The molecule has 3 rings (SSSR count). The van der Waals surface area contributed by atoms with E-state index >= 15 is 0 Å². The summed E-state index contributed by atoms with van der Waals surface area (Å²) in [4.78, 5) is 6.90. The van der Waals surface area contributed by atoms with Gasteiger partial charge in [-0.1, -0.05) is 6.07 Å². The van der Waals surface area contributed by atoms with Crippen LogP contribution < -0.4 is 5.32 Å². The number of halogens is 1. The normalized spacial score (nSPS) is 19.0. The Morgan fingerprint density at radius 1 is 1.32 bits per heavy atom. The molecule has 2 aromatic heterocycles. The SMILES string of the molecule is Cc1nn(-c2ccccn2)c(C)c1CN1CCN[C@H](C)C1.Cl. The summed E-state index contributed by atoms with van der Waals surface area (Å²) in [6.07, 6.45) is 1.81. The van der Waals surface area contributed by atoms with Crippen LogP contribution in [0.25, 0.3) is 5.82 Å². The topological polar surface area (TPSA) is 46.0 Å². The van der Waals surface area contributed by atoms with Gasteiger partial charge in [-0.2, -0.15) is 5.10 Å². The second-order valence-electron chi connectivity index (χ2n) is 5.84. The highest BCUT2D eigenvalue weighted by molar-refractivity contribution is 5.85. The highest BCUT2D eigenvalue weighted by Gasteiger charge is 2.20. The van der Waals surface area contributed by atoms with Gasteiger partial charge in [0.05, 0.1) is 5.69 Å². The van der Waals surface area contributed by atoms with E-state index in [2.05, 4.69) is 41.1 Å². The molecule has 2 aromatic rings. The highest BCUT2D eigenvalue weighted by atomic mass is 35.5. The quantitative estimate of drug-likeness (QED) is 0.940. The molecule has 120 valence electrons. The molecule has 0 aromatic carbocycles. The molecule has 6 heteroatoms. The van der Waals surface area contributed by atoms with E-state index in [4.69, 9.17) is 0 Å². The Morgan fingerprint density at radius 2 is 2.14 bits per heavy atom. The molecule has 0 radical (unpaired) electrons. The number of aryl methyl sites for hydroxylation is 1. The van der Waals surface area contributed by atoms with Crippen LogP contribution in [0.4, 0.5) is 0 Å². The summed E-state index contributed by atoms with van der Waals surface area (Å²) in [6.45, 7) is 10.7. The van der Waals surface area contributed by atoms with Crippen molar-refractivity contribution in [2.45, 2.75) is 33.4 Å². The third-order valence-corrected chi connectivity index (χ3v) is 4.14. The van der Waals surface area contributed by atoms with Gasteiger partial charge in [-0.3, -0.25) is 4.90 Å². The van der Waals surface area contributed by atoms with Crippen LogP contribution in [0.3, 0.4) is 0 Å². The molecule has 22 heavy (non-hydrogen) atoms. The molecule has 1 N–H and O–H groups in total. The minimum absolute atomic E-state index is 0. The highest BCUT2D eigenvalue weighted by Crippen LogP contribution is 2.19. The van der Waals surface area contributed by atoms with Crippen molar-refractivity contribution in [1.82, 2.24) is 25.0 Å². The molecule has 0 spiro atoms. The molecule has 0 amide bonds. The Bertz CT molecular complexity index is 610. The van der Waals surface area contributed by atoms with Gasteiger partial charge in [0.25, 0.3) is 0 Å². The molecule has 1 atom stereocenters. The van der Waals surface area contributed by atoms with E-state index in [1.165, 1.54) is 11.3 Å². The van der Waals surface area contributed by atoms with Crippen molar-refractivity contribution < 1.29 is 0 Å². The maximum absolute atomic E-state index is 4.68. The lowest BCUT2D eigenvalue weighted by Crippen LogP contribution is -2.48. The zero-order valence-corrected chi connectivity index (χ0v) is 14.2. The van der Waals surface area contributed by atoms with Crippen molar-refractivity contribution >= 4 is 12.4 Å². The Balaban J connectivity index is 0.00000176. The largest absolute Gasteiger partial charge is 0.312 e. The number of pyridine rings is 1. The summed E-state index contributed by atoms with van der Waals surface area (Å²) >= 11 is 0. The van der Waals surface area contributed by atoms with E-state index in [0.29, 0.717) is 6.04 Å². The van der Waals surface area contributed by atoms with Crippen LogP contribution >= 0.6 is 12.4 Å². The van der Waals surface area contributed by atoms with E-state index in [1.807, 2.05) is 29.1 Å². The van der Waals surface area contributed by atoms with Crippen molar-refractivity contribution in [2.24, 2.45) is 0 Å². The van der Waals surface area contributed by atoms with Gasteiger partial charge >= 0.3 is 0 Å². The fourth-order valence-electron chi connectivity index (χ4n) is 2.99. The fourth-order valence-corrected chi connectivity index (χ4v) is 2.99. The summed E-state index contributed by atoms with van der Waals surface area (Å²) in [6, 6.07) is 6.48. The van der Waals surface area contributed by atoms with Crippen LogP contribution in [-0.4, -0.2) is 45.3 Å².